The van der Waals surface area contributed by atoms with Gasteiger partial charge in [0, 0.05) is 6.54 Å². The van der Waals surface area contributed by atoms with Gasteiger partial charge in [0.05, 0.1) is 0 Å². The van der Waals surface area contributed by atoms with Crippen LogP contribution >= 0.6 is 0 Å². The Morgan fingerprint density at radius 2 is 1.39 bits per heavy atom. The Hall–Kier alpha value is -1.18. The van der Waals surface area contributed by atoms with Crippen LogP contribution in [-0.2, 0) is 14.3 Å². The fourth-order valence-electron chi connectivity index (χ4n) is 3.45. The number of amides is 1. The van der Waals surface area contributed by atoms with Gasteiger partial charge in [0.25, 0.3) is 5.91 Å². The summed E-state index contributed by atoms with van der Waals surface area (Å²) in [4.78, 5) is 23.0. The largest absolute Gasteiger partial charge is 0.454 e. The molecule has 0 saturated carbocycles. The normalized spacial score (nSPS) is 22.9. The number of rotatable bonds is 16. The van der Waals surface area contributed by atoms with E-state index in [2.05, 4.69) is 17.0 Å². The molecule has 28 heavy (non-hydrogen) atoms. The van der Waals surface area contributed by atoms with Crippen LogP contribution in [0.1, 0.15) is 90.4 Å². The van der Waals surface area contributed by atoms with Gasteiger partial charge >= 0.3 is 5.97 Å². The van der Waals surface area contributed by atoms with E-state index >= 15 is 0 Å². The fraction of sp³-hybridized carbons (Fsp3) is 0.905. The quantitative estimate of drug-likeness (QED) is 0.233. The molecule has 4 N–H and O–H groups in total. The summed E-state index contributed by atoms with van der Waals surface area (Å²) in [6.45, 7) is 2.66. The van der Waals surface area contributed by atoms with Crippen LogP contribution in [0, 0.1) is 0 Å². The van der Waals surface area contributed by atoms with Crippen molar-refractivity contribution in [2.24, 2.45) is 0 Å². The zero-order valence-corrected chi connectivity index (χ0v) is 17.3. The van der Waals surface area contributed by atoms with E-state index in [0.717, 1.165) is 19.3 Å². The summed E-state index contributed by atoms with van der Waals surface area (Å²) in [5.41, 5.74) is 0. The summed E-state index contributed by atoms with van der Waals surface area (Å²) >= 11 is 0. The minimum Gasteiger partial charge on any atom is -0.454 e. The molecule has 1 saturated heterocycles. The summed E-state index contributed by atoms with van der Waals surface area (Å²) < 4.78 is 4.64. The summed E-state index contributed by atoms with van der Waals surface area (Å²) in [5, 5.41) is 31.4. The number of esters is 1. The van der Waals surface area contributed by atoms with Gasteiger partial charge in [-0.05, 0) is 6.42 Å². The van der Waals surface area contributed by atoms with Gasteiger partial charge in [-0.15, -0.1) is 0 Å². The molecule has 1 heterocycles. The molecule has 0 aliphatic carbocycles. The van der Waals surface area contributed by atoms with Crippen LogP contribution in [0.4, 0.5) is 0 Å². The van der Waals surface area contributed by atoms with Gasteiger partial charge in [-0.1, -0.05) is 84.0 Å². The van der Waals surface area contributed by atoms with Crippen LogP contribution in [0.25, 0.3) is 0 Å². The van der Waals surface area contributed by atoms with Crippen molar-refractivity contribution in [1.29, 1.82) is 0 Å². The van der Waals surface area contributed by atoms with Crippen LogP contribution in [-0.4, -0.2) is 58.2 Å². The van der Waals surface area contributed by atoms with E-state index in [1.54, 1.807) is 0 Å². The average molecular weight is 402 g/mol. The number of unbranched alkanes of at least 4 members (excludes halogenated alkanes) is 12. The molecule has 7 nitrogen and oxygen atoms in total. The molecule has 0 spiro atoms. The third-order valence-corrected chi connectivity index (χ3v) is 5.31. The van der Waals surface area contributed by atoms with Gasteiger partial charge in [0.15, 0.2) is 18.3 Å². The monoisotopic (exact) mass is 401 g/mol. The van der Waals surface area contributed by atoms with Crippen molar-refractivity contribution >= 4 is 11.9 Å². The first-order valence-corrected chi connectivity index (χ1v) is 11.0. The first-order valence-electron chi connectivity index (χ1n) is 11.0. The Morgan fingerprint density at radius 1 is 0.929 bits per heavy atom. The Labute approximate surface area is 168 Å². The number of aliphatic hydroxyl groups is 3. The number of hydrogen-bond acceptors (Lipinski definition) is 6. The second-order valence-corrected chi connectivity index (χ2v) is 7.82. The van der Waals surface area contributed by atoms with Crippen LogP contribution in [0.5, 0.6) is 0 Å². The Balaban J connectivity index is 1.93. The molecule has 1 aliphatic heterocycles. The number of aliphatic hydroxyl groups excluding tert-OH is 3. The van der Waals surface area contributed by atoms with E-state index < -0.39 is 36.3 Å². The Bertz CT molecular complexity index is 445. The van der Waals surface area contributed by atoms with Gasteiger partial charge in [0.2, 0.25) is 0 Å². The molecule has 0 bridgehead atoms. The SMILES string of the molecule is CCCCCCCCCCCCCCCNC(=O)[C@H](O)[C@H]1OC(=O)[C@@H](O)[C@H]1O. The van der Waals surface area contributed by atoms with Gasteiger partial charge in [-0.25, -0.2) is 4.79 Å². The highest BCUT2D eigenvalue weighted by Gasteiger charge is 2.48. The number of carbonyl (C=O) groups is 2. The molecular weight excluding hydrogens is 362 g/mol. The van der Waals surface area contributed by atoms with Crippen molar-refractivity contribution in [3.05, 3.63) is 0 Å². The highest BCUT2D eigenvalue weighted by atomic mass is 16.6. The lowest BCUT2D eigenvalue weighted by atomic mass is 10.0. The van der Waals surface area contributed by atoms with Crippen LogP contribution in [0.3, 0.4) is 0 Å². The number of carbonyl (C=O) groups excluding carboxylic acids is 2. The first-order chi connectivity index (χ1) is 13.5. The van der Waals surface area contributed by atoms with Gasteiger partial charge in [-0.3, -0.25) is 4.79 Å². The van der Waals surface area contributed by atoms with E-state index in [4.69, 9.17) is 0 Å². The summed E-state index contributed by atoms with van der Waals surface area (Å²) in [6.07, 6.45) is 9.73. The van der Waals surface area contributed by atoms with E-state index in [1.807, 2.05) is 0 Å². The standard InChI is InChI=1S/C21H39NO6/c1-2-3-4-5-6-7-8-9-10-11-12-13-14-15-22-20(26)18(25)19-16(23)17(24)21(27)28-19/h16-19,23-25H,2-15H2,1H3,(H,22,26)/t16-,17+,18-,19+/m1/s1. The van der Waals surface area contributed by atoms with Crippen molar-refractivity contribution in [3.8, 4) is 0 Å². The second kappa shape index (κ2) is 14.8. The predicted molar refractivity (Wildman–Crippen MR) is 107 cm³/mol. The highest BCUT2D eigenvalue weighted by molar-refractivity contribution is 5.84. The highest BCUT2D eigenvalue weighted by Crippen LogP contribution is 2.19. The lowest BCUT2D eigenvalue weighted by Crippen LogP contribution is -2.47. The first kappa shape index (κ1) is 24.9. The molecule has 1 rings (SSSR count). The molecule has 1 amide bonds. The third-order valence-electron chi connectivity index (χ3n) is 5.31. The molecular formula is C21H39NO6. The molecule has 1 fully saturated rings. The maximum Gasteiger partial charge on any atom is 0.338 e. The van der Waals surface area contributed by atoms with Crippen molar-refractivity contribution in [2.45, 2.75) is 115 Å². The molecule has 0 aromatic carbocycles. The predicted octanol–water partition coefficient (Wildman–Crippen LogP) is 2.20. The number of hydrogen-bond donors (Lipinski definition) is 4. The average Bonchev–Trinajstić information content (AvgIpc) is 2.94. The van der Waals surface area contributed by atoms with Gasteiger partial charge in [0.1, 0.15) is 6.10 Å². The van der Waals surface area contributed by atoms with Crippen molar-refractivity contribution in [3.63, 3.8) is 0 Å². The molecule has 7 heteroatoms. The van der Waals surface area contributed by atoms with Crippen LogP contribution in [0.2, 0.25) is 0 Å². The molecule has 0 unspecified atom stereocenters. The molecule has 0 aromatic heterocycles. The number of nitrogens with one attached hydrogen (secondary N) is 1. The summed E-state index contributed by atoms with van der Waals surface area (Å²) in [6, 6.07) is 0. The molecule has 1 aliphatic rings. The summed E-state index contributed by atoms with van der Waals surface area (Å²) in [7, 11) is 0. The minimum atomic E-state index is -1.71. The van der Waals surface area contributed by atoms with Crippen molar-refractivity contribution < 1.29 is 29.6 Å². The Morgan fingerprint density at radius 3 is 1.82 bits per heavy atom. The molecule has 164 valence electrons. The van der Waals surface area contributed by atoms with E-state index in [-0.39, 0.29) is 0 Å². The molecule has 0 radical (unpaired) electrons. The van der Waals surface area contributed by atoms with Crippen LogP contribution < -0.4 is 5.32 Å². The number of cyclic esters (lactones) is 1. The second-order valence-electron chi connectivity index (χ2n) is 7.82. The Kier molecular flexibility index (Phi) is 13.1. The van der Waals surface area contributed by atoms with E-state index in [1.165, 1.54) is 64.2 Å². The smallest absolute Gasteiger partial charge is 0.338 e. The van der Waals surface area contributed by atoms with E-state index in [0.29, 0.717) is 6.54 Å². The van der Waals surface area contributed by atoms with Gasteiger partial charge < -0.3 is 25.4 Å². The maximum atomic E-state index is 11.9. The van der Waals surface area contributed by atoms with Crippen LogP contribution in [0.15, 0.2) is 0 Å². The van der Waals surface area contributed by atoms with Crippen molar-refractivity contribution in [2.75, 3.05) is 6.54 Å². The lowest BCUT2D eigenvalue weighted by Gasteiger charge is -2.19. The zero-order valence-electron chi connectivity index (χ0n) is 17.3. The fourth-order valence-corrected chi connectivity index (χ4v) is 3.45. The number of ether oxygens (including phenoxy) is 1. The third kappa shape index (κ3) is 9.34. The van der Waals surface area contributed by atoms with E-state index in [9.17, 15) is 24.9 Å². The molecule has 4 atom stereocenters. The minimum absolute atomic E-state index is 0.424. The maximum absolute atomic E-state index is 11.9. The summed E-state index contributed by atoms with van der Waals surface area (Å²) in [5.74, 6) is -1.73. The molecule has 0 aromatic rings. The van der Waals surface area contributed by atoms with Gasteiger partial charge in [-0.2, -0.15) is 0 Å². The topological polar surface area (TPSA) is 116 Å². The lowest BCUT2D eigenvalue weighted by molar-refractivity contribution is -0.153. The zero-order chi connectivity index (χ0) is 20.8. The van der Waals surface area contributed by atoms with Crippen molar-refractivity contribution in [1.82, 2.24) is 5.32 Å².